The van der Waals surface area contributed by atoms with Crippen LogP contribution in [0.2, 0.25) is 0 Å². The maximum Gasteiger partial charge on any atom is 0.254 e. The number of aliphatic hydroxyl groups excluding tert-OH is 1. The van der Waals surface area contributed by atoms with Gasteiger partial charge in [0.1, 0.15) is 5.76 Å². The van der Waals surface area contributed by atoms with Crippen LogP contribution in [0.15, 0.2) is 39.5 Å². The lowest BCUT2D eigenvalue weighted by Crippen LogP contribution is -2.56. The van der Waals surface area contributed by atoms with Gasteiger partial charge in [0.15, 0.2) is 5.54 Å². The third-order valence-electron chi connectivity index (χ3n) is 6.12. The molecule has 2 N–H and O–H groups in total. The van der Waals surface area contributed by atoms with Gasteiger partial charge in [0.2, 0.25) is 0 Å². The maximum absolute atomic E-state index is 13.5. The van der Waals surface area contributed by atoms with Crippen molar-refractivity contribution < 1.29 is 14.4 Å². The van der Waals surface area contributed by atoms with E-state index in [1.54, 1.807) is 11.3 Å². The van der Waals surface area contributed by atoms with Crippen LogP contribution in [-0.4, -0.2) is 40.3 Å². The number of aliphatic hydroxyl groups is 1. The molecular formula is C22H23N3O3S. The summed E-state index contributed by atoms with van der Waals surface area (Å²) >= 11 is 1.58. The Hall–Kier alpha value is -2.48. The Morgan fingerprint density at radius 1 is 1.34 bits per heavy atom. The molecule has 1 amide bonds. The number of aromatic nitrogens is 1. The number of thiophene rings is 1. The van der Waals surface area contributed by atoms with Crippen molar-refractivity contribution in [2.45, 2.75) is 38.3 Å². The van der Waals surface area contributed by atoms with Gasteiger partial charge in [0.05, 0.1) is 11.8 Å². The van der Waals surface area contributed by atoms with Gasteiger partial charge in [-0.15, -0.1) is 0 Å². The summed E-state index contributed by atoms with van der Waals surface area (Å²) in [6.07, 6.45) is 1.20. The lowest BCUT2D eigenvalue weighted by atomic mass is 9.81. The Balaban J connectivity index is 1.73. The first-order chi connectivity index (χ1) is 14.0. The Morgan fingerprint density at radius 2 is 2.21 bits per heavy atom. The van der Waals surface area contributed by atoms with E-state index in [-0.39, 0.29) is 5.91 Å². The van der Waals surface area contributed by atoms with E-state index in [9.17, 15) is 9.90 Å². The molecule has 5 rings (SSSR count). The Bertz CT molecular complexity index is 1060. The van der Waals surface area contributed by atoms with Gasteiger partial charge in [-0.25, -0.2) is 0 Å². The molecule has 0 spiro atoms. The van der Waals surface area contributed by atoms with Crippen molar-refractivity contribution >= 4 is 22.9 Å². The summed E-state index contributed by atoms with van der Waals surface area (Å²) in [5.74, 6) is 0.699. The Morgan fingerprint density at radius 3 is 2.90 bits per heavy atom. The second kappa shape index (κ2) is 6.79. The van der Waals surface area contributed by atoms with Crippen molar-refractivity contribution in [1.29, 1.82) is 0 Å². The van der Waals surface area contributed by atoms with Crippen LogP contribution in [0, 0.1) is 13.8 Å². The van der Waals surface area contributed by atoms with Crippen molar-refractivity contribution in [1.82, 2.24) is 10.1 Å². The van der Waals surface area contributed by atoms with Crippen LogP contribution >= 0.6 is 11.3 Å². The normalized spacial score (nSPS) is 24.5. The first-order valence-electron chi connectivity index (χ1n) is 9.87. The molecule has 2 aromatic heterocycles. The number of aryl methyl sites for hydroxylation is 2. The molecule has 0 saturated carbocycles. The van der Waals surface area contributed by atoms with E-state index in [1.807, 2.05) is 42.8 Å². The average Bonchev–Trinajstić information content (AvgIpc) is 3.40. The maximum atomic E-state index is 13.5. The molecule has 4 heterocycles. The summed E-state index contributed by atoms with van der Waals surface area (Å²) in [6.45, 7) is 5.06. The topological polar surface area (TPSA) is 78.6 Å². The molecule has 1 unspecified atom stereocenters. The van der Waals surface area contributed by atoms with Gasteiger partial charge in [-0.2, -0.15) is 11.3 Å². The third kappa shape index (κ3) is 2.68. The van der Waals surface area contributed by atoms with E-state index in [1.165, 1.54) is 0 Å². The minimum Gasteiger partial charge on any atom is -0.392 e. The van der Waals surface area contributed by atoms with Crippen LogP contribution in [-0.2, 0) is 10.3 Å². The average molecular weight is 410 g/mol. The van der Waals surface area contributed by atoms with Gasteiger partial charge in [-0.3, -0.25) is 9.69 Å². The largest absolute Gasteiger partial charge is 0.392 e. The van der Waals surface area contributed by atoms with Crippen LogP contribution in [0.3, 0.4) is 0 Å². The molecule has 29 heavy (non-hydrogen) atoms. The molecule has 7 heteroatoms. The fourth-order valence-corrected chi connectivity index (χ4v) is 5.55. The highest BCUT2D eigenvalue weighted by molar-refractivity contribution is 7.08. The highest BCUT2D eigenvalue weighted by Crippen LogP contribution is 2.48. The van der Waals surface area contributed by atoms with Gasteiger partial charge in [0.25, 0.3) is 5.91 Å². The first-order valence-corrected chi connectivity index (χ1v) is 10.8. The number of benzene rings is 1. The molecule has 2 aliphatic rings. The number of carbonyl (C=O) groups excluding carboxylic acids is 1. The van der Waals surface area contributed by atoms with Gasteiger partial charge < -0.3 is 14.9 Å². The number of hydrogen-bond acceptors (Lipinski definition) is 6. The summed E-state index contributed by atoms with van der Waals surface area (Å²) in [4.78, 5) is 15.7. The minimum atomic E-state index is -0.939. The lowest BCUT2D eigenvalue weighted by Gasteiger charge is -2.43. The molecule has 1 fully saturated rings. The molecule has 0 bridgehead atoms. The van der Waals surface area contributed by atoms with Crippen LogP contribution in [0.1, 0.15) is 35.4 Å². The zero-order chi connectivity index (χ0) is 20.2. The Labute approximate surface area is 173 Å². The third-order valence-corrected chi connectivity index (χ3v) is 6.80. The fourth-order valence-electron chi connectivity index (χ4n) is 4.85. The Kier molecular flexibility index (Phi) is 4.34. The molecule has 2 atom stereocenters. The molecule has 1 saturated heterocycles. The molecular weight excluding hydrogens is 386 g/mol. The van der Waals surface area contributed by atoms with E-state index in [0.717, 1.165) is 58.8 Å². The smallest absolute Gasteiger partial charge is 0.254 e. The number of carbonyl (C=O) groups is 1. The predicted molar refractivity (Wildman–Crippen MR) is 112 cm³/mol. The van der Waals surface area contributed by atoms with Crippen molar-refractivity contribution in [3.8, 4) is 11.1 Å². The van der Waals surface area contributed by atoms with Crippen LogP contribution < -0.4 is 5.32 Å². The number of rotatable bonds is 3. The molecule has 6 nitrogen and oxygen atoms in total. The standard InChI is InChI=1S/C22H23N3O3S/c1-13-20(14(2)28-24-13)15-5-6-19-18(10-15)22(21(27)23-19,16-7-9-29-12-16)25-8-3-4-17(26)11-25/h5-7,9-10,12,17,26H,3-4,8,11H2,1-2H3,(H,23,27)/t17-,22?/m0/s1. The summed E-state index contributed by atoms with van der Waals surface area (Å²) in [5.41, 5.74) is 4.52. The highest BCUT2D eigenvalue weighted by Gasteiger charge is 2.53. The molecule has 3 aromatic rings. The van der Waals surface area contributed by atoms with Gasteiger partial charge in [-0.1, -0.05) is 11.2 Å². The number of β-amino-alcohol motifs (C(OH)–C–C–N with tert-alkyl or cyclic N) is 1. The zero-order valence-electron chi connectivity index (χ0n) is 16.4. The van der Waals surface area contributed by atoms with E-state index in [4.69, 9.17) is 4.52 Å². The number of piperidine rings is 1. The van der Waals surface area contributed by atoms with E-state index in [2.05, 4.69) is 21.4 Å². The van der Waals surface area contributed by atoms with E-state index < -0.39 is 11.6 Å². The first kappa shape index (κ1) is 18.5. The van der Waals surface area contributed by atoms with Crippen LogP contribution in [0.4, 0.5) is 5.69 Å². The lowest BCUT2D eigenvalue weighted by molar-refractivity contribution is -0.127. The monoisotopic (exact) mass is 409 g/mol. The van der Waals surface area contributed by atoms with Gasteiger partial charge >= 0.3 is 0 Å². The fraction of sp³-hybridized carbons (Fsp3) is 0.364. The number of nitrogens with zero attached hydrogens (tertiary/aromatic N) is 2. The van der Waals surface area contributed by atoms with Crippen molar-refractivity contribution in [2.24, 2.45) is 0 Å². The predicted octanol–water partition coefficient (Wildman–Crippen LogP) is 3.67. The summed E-state index contributed by atoms with van der Waals surface area (Å²) in [5, 5.41) is 21.6. The molecule has 0 radical (unpaired) electrons. The molecule has 150 valence electrons. The quantitative estimate of drug-likeness (QED) is 0.690. The van der Waals surface area contributed by atoms with Crippen LogP contribution in [0.25, 0.3) is 11.1 Å². The zero-order valence-corrected chi connectivity index (χ0v) is 17.3. The van der Waals surface area contributed by atoms with Crippen LogP contribution in [0.5, 0.6) is 0 Å². The second-order valence-corrected chi connectivity index (χ2v) is 8.66. The number of fused-ring (bicyclic) bond motifs is 1. The second-order valence-electron chi connectivity index (χ2n) is 7.88. The highest BCUT2D eigenvalue weighted by atomic mass is 32.1. The molecule has 1 aromatic carbocycles. The summed E-state index contributed by atoms with van der Waals surface area (Å²) in [7, 11) is 0. The van der Waals surface area contributed by atoms with Gasteiger partial charge in [-0.05, 0) is 66.8 Å². The van der Waals surface area contributed by atoms with Crippen molar-refractivity contribution in [3.05, 3.63) is 57.6 Å². The SMILES string of the molecule is Cc1noc(C)c1-c1ccc2c(c1)C(c1ccsc1)(N1CCC[C@H](O)C1)C(=O)N2. The number of nitrogens with one attached hydrogen (secondary N) is 1. The van der Waals surface area contributed by atoms with Gasteiger partial charge in [0, 0.05) is 29.9 Å². The number of amides is 1. The molecule has 0 aliphatic carbocycles. The van der Waals surface area contributed by atoms with E-state index >= 15 is 0 Å². The minimum absolute atomic E-state index is 0.0593. The van der Waals surface area contributed by atoms with Crippen molar-refractivity contribution in [3.63, 3.8) is 0 Å². The number of hydrogen-bond donors (Lipinski definition) is 2. The molecule has 2 aliphatic heterocycles. The number of likely N-dealkylation sites (tertiary alicyclic amines) is 1. The number of anilines is 1. The van der Waals surface area contributed by atoms with Crippen molar-refractivity contribution in [2.75, 3.05) is 18.4 Å². The van der Waals surface area contributed by atoms with E-state index in [0.29, 0.717) is 6.54 Å². The summed E-state index contributed by atoms with van der Waals surface area (Å²) in [6, 6.07) is 8.06. The summed E-state index contributed by atoms with van der Waals surface area (Å²) < 4.78 is 5.37.